The van der Waals surface area contributed by atoms with Crippen LogP contribution in [-0.4, -0.2) is 31.6 Å². The molecule has 7 heteroatoms. The fourth-order valence-corrected chi connectivity index (χ4v) is 3.06. The first-order valence-corrected chi connectivity index (χ1v) is 9.11. The maximum Gasteiger partial charge on any atom is 0.244 e. The normalized spacial score (nSPS) is 20.3. The number of benzene rings is 1. The summed E-state index contributed by atoms with van der Waals surface area (Å²) in [5.74, 6) is 0.665. The monoisotopic (exact) mass is 383 g/mol. The summed E-state index contributed by atoms with van der Waals surface area (Å²) in [6.45, 7) is 11.6. The van der Waals surface area contributed by atoms with Gasteiger partial charge >= 0.3 is 0 Å². The molecular weight excluding hydrogens is 358 g/mol. The smallest absolute Gasteiger partial charge is 0.244 e. The highest BCUT2D eigenvalue weighted by atomic mass is 16.4. The highest BCUT2D eigenvalue weighted by Crippen LogP contribution is 2.37. The Balaban J connectivity index is 1.53. The van der Waals surface area contributed by atoms with Gasteiger partial charge in [0.15, 0.2) is 11.5 Å². The molecule has 0 unspecified atom stereocenters. The zero-order chi connectivity index (χ0) is 20.4. The van der Waals surface area contributed by atoms with Crippen molar-refractivity contribution in [2.24, 2.45) is 0 Å². The Morgan fingerprint density at radius 2 is 1.96 bits per heavy atom. The number of nitrogens with one attached hydrogen (secondary N) is 1. The summed E-state index contributed by atoms with van der Waals surface area (Å²) in [6, 6.07) is 4.93. The second-order valence-corrected chi connectivity index (χ2v) is 7.20. The molecule has 1 aliphatic carbocycles. The molecule has 148 valence electrons. The Kier molecular flexibility index (Phi) is 5.56. The van der Waals surface area contributed by atoms with Crippen LogP contribution >= 0.6 is 0 Å². The Bertz CT molecular complexity index is 923. The van der Waals surface area contributed by atoms with Crippen molar-refractivity contribution in [3.63, 3.8) is 0 Å². The van der Waals surface area contributed by atoms with Crippen LogP contribution in [0.3, 0.4) is 0 Å². The SMILES string of the molecule is C=C(/C=C(\C)c1ccc(O)c(O)c1)C(=C)N[C@H]1C[C@H](c2nnc([C@@H](C)O)o2)C1. The summed E-state index contributed by atoms with van der Waals surface area (Å²) in [5, 5.41) is 39.7. The summed E-state index contributed by atoms with van der Waals surface area (Å²) in [6.07, 6.45) is 2.79. The highest BCUT2D eigenvalue weighted by Gasteiger charge is 2.34. The van der Waals surface area contributed by atoms with Crippen LogP contribution in [0.4, 0.5) is 0 Å². The topological polar surface area (TPSA) is 112 Å². The standard InChI is InChI=1S/C21H25N3O4/c1-11(7-12(2)15-5-6-18(26)19(27)10-15)13(3)22-17-8-16(9-17)21-24-23-20(28-21)14(4)25/h5-7,10,14,16-17,22,25-27H,1,3,8-9H2,2,4H3/b12-7+/t14-,16-,17-/m1/s1. The molecule has 0 bridgehead atoms. The Morgan fingerprint density at radius 1 is 1.25 bits per heavy atom. The molecule has 2 aromatic rings. The van der Waals surface area contributed by atoms with E-state index in [9.17, 15) is 15.3 Å². The highest BCUT2D eigenvalue weighted by molar-refractivity contribution is 5.69. The van der Waals surface area contributed by atoms with Crippen LogP contribution < -0.4 is 5.32 Å². The predicted octanol–water partition coefficient (Wildman–Crippen LogP) is 3.54. The summed E-state index contributed by atoms with van der Waals surface area (Å²) in [7, 11) is 0. The Hall–Kier alpha value is -3.06. The van der Waals surface area contributed by atoms with Crippen LogP contribution in [0.2, 0.25) is 0 Å². The van der Waals surface area contributed by atoms with Gasteiger partial charge in [0.05, 0.1) is 0 Å². The summed E-state index contributed by atoms with van der Waals surface area (Å²) < 4.78 is 5.48. The van der Waals surface area contributed by atoms with Crippen molar-refractivity contribution in [2.75, 3.05) is 0 Å². The lowest BCUT2D eigenvalue weighted by atomic mass is 9.80. The number of phenols is 2. The summed E-state index contributed by atoms with van der Waals surface area (Å²) in [4.78, 5) is 0. The molecule has 1 aromatic heterocycles. The molecule has 0 saturated heterocycles. The van der Waals surface area contributed by atoms with Crippen LogP contribution in [0, 0.1) is 0 Å². The van der Waals surface area contributed by atoms with Crippen molar-refractivity contribution in [3.8, 4) is 11.5 Å². The van der Waals surface area contributed by atoms with E-state index in [2.05, 4.69) is 28.7 Å². The number of hydrogen-bond donors (Lipinski definition) is 4. The number of aliphatic hydroxyl groups is 1. The molecule has 1 fully saturated rings. The van der Waals surface area contributed by atoms with Crippen molar-refractivity contribution in [3.05, 3.63) is 66.0 Å². The third-order valence-electron chi connectivity index (χ3n) is 4.89. The second kappa shape index (κ2) is 7.90. The van der Waals surface area contributed by atoms with Crippen molar-refractivity contribution >= 4 is 5.57 Å². The minimum atomic E-state index is -0.760. The minimum Gasteiger partial charge on any atom is -0.504 e. The number of nitrogens with zero attached hydrogens (tertiary/aromatic N) is 2. The van der Waals surface area contributed by atoms with E-state index in [0.29, 0.717) is 5.89 Å². The van der Waals surface area contributed by atoms with E-state index in [-0.39, 0.29) is 29.3 Å². The number of hydrogen-bond acceptors (Lipinski definition) is 7. The Labute approximate surface area is 163 Å². The number of aromatic hydroxyl groups is 2. The first kappa shape index (κ1) is 19.7. The number of rotatable bonds is 7. The van der Waals surface area contributed by atoms with Gasteiger partial charge in [0, 0.05) is 17.7 Å². The van der Waals surface area contributed by atoms with Gasteiger partial charge in [0.25, 0.3) is 0 Å². The molecule has 4 N–H and O–H groups in total. The van der Waals surface area contributed by atoms with Crippen LogP contribution in [-0.2, 0) is 0 Å². The average Bonchev–Trinajstić information content (AvgIpc) is 3.09. The molecule has 3 rings (SSSR count). The molecular formula is C21H25N3O4. The fraction of sp³-hybridized carbons (Fsp3) is 0.333. The molecule has 1 saturated carbocycles. The Morgan fingerprint density at radius 3 is 2.57 bits per heavy atom. The molecule has 7 nitrogen and oxygen atoms in total. The molecule has 28 heavy (non-hydrogen) atoms. The lowest BCUT2D eigenvalue weighted by molar-refractivity contribution is 0.155. The quantitative estimate of drug-likeness (QED) is 0.427. The van der Waals surface area contributed by atoms with E-state index < -0.39 is 6.10 Å². The largest absolute Gasteiger partial charge is 0.504 e. The van der Waals surface area contributed by atoms with Crippen molar-refractivity contribution in [1.82, 2.24) is 15.5 Å². The van der Waals surface area contributed by atoms with Crippen LogP contribution in [0.5, 0.6) is 11.5 Å². The summed E-state index contributed by atoms with van der Waals surface area (Å²) >= 11 is 0. The minimum absolute atomic E-state index is 0.150. The van der Waals surface area contributed by atoms with Crippen molar-refractivity contribution in [2.45, 2.75) is 44.8 Å². The third-order valence-corrected chi connectivity index (χ3v) is 4.89. The van der Waals surface area contributed by atoms with Crippen molar-refractivity contribution < 1.29 is 19.7 Å². The molecule has 1 aliphatic rings. The first-order valence-electron chi connectivity index (χ1n) is 9.11. The molecule has 0 amide bonds. The third kappa shape index (κ3) is 4.26. The molecule has 0 aliphatic heterocycles. The maximum atomic E-state index is 9.64. The van der Waals surface area contributed by atoms with Crippen molar-refractivity contribution in [1.29, 1.82) is 0 Å². The van der Waals surface area contributed by atoms with Gasteiger partial charge in [0.1, 0.15) is 6.10 Å². The van der Waals surface area contributed by atoms with E-state index in [1.807, 2.05) is 13.0 Å². The average molecular weight is 383 g/mol. The fourth-order valence-electron chi connectivity index (χ4n) is 3.06. The van der Waals surface area contributed by atoms with E-state index in [0.717, 1.165) is 35.2 Å². The molecule has 1 heterocycles. The van der Waals surface area contributed by atoms with E-state index >= 15 is 0 Å². The maximum absolute atomic E-state index is 9.64. The number of allylic oxidation sites excluding steroid dienone is 2. The van der Waals surface area contributed by atoms with Gasteiger partial charge in [-0.1, -0.05) is 19.2 Å². The first-order chi connectivity index (χ1) is 13.2. The number of phenolic OH excluding ortho intramolecular Hbond substituents is 2. The molecule has 1 atom stereocenters. The second-order valence-electron chi connectivity index (χ2n) is 7.20. The molecule has 0 radical (unpaired) electrons. The van der Waals surface area contributed by atoms with Gasteiger partial charge in [-0.2, -0.15) is 0 Å². The van der Waals surface area contributed by atoms with Gasteiger partial charge in [-0.25, -0.2) is 0 Å². The van der Waals surface area contributed by atoms with E-state index in [1.165, 1.54) is 12.1 Å². The van der Waals surface area contributed by atoms with Crippen LogP contribution in [0.1, 0.15) is 56.1 Å². The zero-order valence-electron chi connectivity index (χ0n) is 16.0. The predicted molar refractivity (Wildman–Crippen MR) is 106 cm³/mol. The van der Waals surface area contributed by atoms with Gasteiger partial charge in [-0.05, 0) is 61.6 Å². The van der Waals surface area contributed by atoms with Gasteiger partial charge in [0.2, 0.25) is 11.8 Å². The van der Waals surface area contributed by atoms with Gasteiger partial charge in [-0.3, -0.25) is 0 Å². The van der Waals surface area contributed by atoms with Gasteiger partial charge < -0.3 is 25.1 Å². The van der Waals surface area contributed by atoms with Crippen LogP contribution in [0.25, 0.3) is 5.57 Å². The molecule has 0 spiro atoms. The summed E-state index contributed by atoms with van der Waals surface area (Å²) in [5.41, 5.74) is 3.15. The molecule has 1 aromatic carbocycles. The number of aromatic nitrogens is 2. The lowest BCUT2D eigenvalue weighted by Crippen LogP contribution is -2.39. The number of aliphatic hydroxyl groups excluding tert-OH is 1. The van der Waals surface area contributed by atoms with Gasteiger partial charge in [-0.15, -0.1) is 10.2 Å². The van der Waals surface area contributed by atoms with E-state index in [1.54, 1.807) is 13.0 Å². The van der Waals surface area contributed by atoms with E-state index in [4.69, 9.17) is 4.42 Å². The lowest BCUT2D eigenvalue weighted by Gasteiger charge is -2.35. The zero-order valence-corrected chi connectivity index (χ0v) is 16.0. The van der Waals surface area contributed by atoms with Crippen LogP contribution in [0.15, 0.2) is 53.1 Å².